The molecule has 172 valence electrons. The summed E-state index contributed by atoms with van der Waals surface area (Å²) in [5, 5.41) is 3.04. The number of amides is 2. The highest BCUT2D eigenvalue weighted by molar-refractivity contribution is 7.89. The van der Waals surface area contributed by atoms with Gasteiger partial charge in [-0.1, -0.05) is 11.3 Å². The number of rotatable bonds is 5. The van der Waals surface area contributed by atoms with Crippen molar-refractivity contribution in [1.29, 1.82) is 0 Å². The van der Waals surface area contributed by atoms with Crippen LogP contribution in [0.2, 0.25) is 0 Å². The van der Waals surface area contributed by atoms with E-state index in [1.807, 2.05) is 0 Å². The molecule has 0 aliphatic carbocycles. The number of nitrogens with one attached hydrogen (secondary N) is 1. The Labute approximate surface area is 190 Å². The lowest BCUT2D eigenvalue weighted by Gasteiger charge is -2.27. The maximum absolute atomic E-state index is 13.0. The predicted molar refractivity (Wildman–Crippen MR) is 117 cm³/mol. The molecule has 2 aromatic rings. The smallest absolute Gasteiger partial charge is 0.413 e. The molecular weight excluding hydrogens is 456 g/mol. The number of thiazole rings is 1. The van der Waals surface area contributed by atoms with Gasteiger partial charge < -0.3 is 14.4 Å². The van der Waals surface area contributed by atoms with Crippen LogP contribution >= 0.6 is 11.3 Å². The summed E-state index contributed by atoms with van der Waals surface area (Å²) < 4.78 is 37.0. The van der Waals surface area contributed by atoms with Gasteiger partial charge in [-0.15, -0.1) is 0 Å². The molecule has 2 amide bonds. The van der Waals surface area contributed by atoms with Crippen molar-refractivity contribution in [2.45, 2.75) is 24.8 Å². The van der Waals surface area contributed by atoms with Gasteiger partial charge in [0.25, 0.3) is 5.91 Å². The summed E-state index contributed by atoms with van der Waals surface area (Å²) in [6, 6.07) is 6.04. The number of ether oxygens (including phenoxy) is 2. The highest BCUT2D eigenvalue weighted by Gasteiger charge is 2.28. The fourth-order valence-corrected chi connectivity index (χ4v) is 5.98. The molecule has 0 unspecified atom stereocenters. The van der Waals surface area contributed by atoms with Crippen LogP contribution in [0.15, 0.2) is 29.2 Å². The number of anilines is 1. The quantitative estimate of drug-likeness (QED) is 0.695. The Morgan fingerprint density at radius 1 is 1.19 bits per heavy atom. The Morgan fingerprint density at radius 3 is 2.59 bits per heavy atom. The average Bonchev–Trinajstić information content (AvgIpc) is 3.20. The van der Waals surface area contributed by atoms with E-state index in [9.17, 15) is 18.0 Å². The van der Waals surface area contributed by atoms with Crippen LogP contribution < -0.4 is 5.32 Å². The van der Waals surface area contributed by atoms with Crippen LogP contribution in [0.25, 0.3) is 0 Å². The van der Waals surface area contributed by atoms with Gasteiger partial charge in [-0.25, -0.2) is 18.2 Å². The zero-order valence-electron chi connectivity index (χ0n) is 17.6. The molecule has 0 spiro atoms. The molecule has 1 aromatic carbocycles. The third-order valence-electron chi connectivity index (χ3n) is 5.21. The van der Waals surface area contributed by atoms with E-state index in [-0.39, 0.29) is 17.4 Å². The number of nitrogens with zero attached hydrogens (tertiary/aromatic N) is 3. The first-order valence-electron chi connectivity index (χ1n) is 10.3. The highest BCUT2D eigenvalue weighted by Crippen LogP contribution is 2.29. The molecule has 1 aromatic heterocycles. The number of aromatic nitrogens is 1. The fraction of sp³-hybridized carbons (Fsp3) is 0.450. The van der Waals surface area contributed by atoms with Gasteiger partial charge in [0.1, 0.15) is 0 Å². The van der Waals surface area contributed by atoms with Crippen molar-refractivity contribution in [2.75, 3.05) is 44.8 Å². The van der Waals surface area contributed by atoms with E-state index in [2.05, 4.69) is 10.3 Å². The van der Waals surface area contributed by atoms with Crippen LogP contribution in [0.3, 0.4) is 0 Å². The van der Waals surface area contributed by atoms with Crippen LogP contribution in [0.1, 0.15) is 27.9 Å². The van der Waals surface area contributed by atoms with Gasteiger partial charge in [0.2, 0.25) is 10.0 Å². The zero-order chi connectivity index (χ0) is 22.7. The summed E-state index contributed by atoms with van der Waals surface area (Å²) in [7, 11) is -3.60. The second-order valence-electron chi connectivity index (χ2n) is 7.25. The second-order valence-corrected chi connectivity index (χ2v) is 10.3. The van der Waals surface area contributed by atoms with E-state index >= 15 is 0 Å². The van der Waals surface area contributed by atoms with Crippen molar-refractivity contribution in [3.63, 3.8) is 0 Å². The van der Waals surface area contributed by atoms with E-state index in [0.717, 1.165) is 10.6 Å². The van der Waals surface area contributed by atoms with Crippen molar-refractivity contribution in [3.8, 4) is 0 Å². The third kappa shape index (κ3) is 4.77. The molecule has 1 N–H and O–H groups in total. The zero-order valence-corrected chi connectivity index (χ0v) is 19.2. The van der Waals surface area contributed by atoms with Gasteiger partial charge in [0.05, 0.1) is 37.0 Å². The number of fused-ring (bicyclic) bond motifs is 1. The maximum atomic E-state index is 13.0. The van der Waals surface area contributed by atoms with Crippen LogP contribution in [-0.4, -0.2) is 74.1 Å². The van der Waals surface area contributed by atoms with Crippen LogP contribution in [0.5, 0.6) is 0 Å². The number of carbonyl (C=O) groups excluding carboxylic acids is 2. The Hall–Kier alpha value is -2.54. The van der Waals surface area contributed by atoms with Gasteiger partial charge in [-0.05, 0) is 31.2 Å². The van der Waals surface area contributed by atoms with Crippen molar-refractivity contribution in [3.05, 3.63) is 40.4 Å². The highest BCUT2D eigenvalue weighted by atomic mass is 32.2. The molecule has 2 aliphatic rings. The van der Waals surface area contributed by atoms with Crippen molar-refractivity contribution >= 4 is 38.5 Å². The fourth-order valence-electron chi connectivity index (χ4n) is 3.56. The molecule has 0 bridgehead atoms. The second kappa shape index (κ2) is 9.53. The lowest BCUT2D eigenvalue weighted by Crippen LogP contribution is -2.40. The van der Waals surface area contributed by atoms with E-state index in [0.29, 0.717) is 56.5 Å². The van der Waals surface area contributed by atoms with Gasteiger partial charge in [0, 0.05) is 36.5 Å². The number of sulfonamides is 1. The Balaban J connectivity index is 1.43. The standard InChI is InChI=1S/C20H24N4O6S2/c1-2-30-20(26)22-19-21-16-7-8-23(13-17(16)31-19)18(25)14-3-5-15(6-4-14)32(27,28)24-9-11-29-12-10-24/h3-6H,2,7-13H2,1H3,(H,21,22,26). The molecule has 0 atom stereocenters. The third-order valence-corrected chi connectivity index (χ3v) is 8.12. The molecular formula is C20H24N4O6S2. The molecule has 4 rings (SSSR count). The van der Waals surface area contributed by atoms with Crippen molar-refractivity contribution in [2.24, 2.45) is 0 Å². The lowest BCUT2D eigenvalue weighted by atomic mass is 10.1. The van der Waals surface area contributed by atoms with Gasteiger partial charge in [0.15, 0.2) is 5.13 Å². The topological polar surface area (TPSA) is 118 Å². The van der Waals surface area contributed by atoms with E-state index in [1.54, 1.807) is 24.0 Å². The number of hydrogen-bond donors (Lipinski definition) is 1. The van der Waals surface area contributed by atoms with Crippen LogP contribution in [0, 0.1) is 0 Å². The first-order valence-corrected chi connectivity index (χ1v) is 12.5. The van der Waals surface area contributed by atoms with Gasteiger partial charge in [-0.2, -0.15) is 4.31 Å². The summed E-state index contributed by atoms with van der Waals surface area (Å²) in [6.07, 6.45) is 0.0182. The summed E-state index contributed by atoms with van der Waals surface area (Å²) in [5.74, 6) is -0.181. The Bertz CT molecular complexity index is 1090. The summed E-state index contributed by atoms with van der Waals surface area (Å²) >= 11 is 1.32. The first kappa shape index (κ1) is 22.6. The minimum absolute atomic E-state index is 0.161. The Kier molecular flexibility index (Phi) is 6.74. The summed E-state index contributed by atoms with van der Waals surface area (Å²) in [4.78, 5) is 31.8. The molecule has 10 nitrogen and oxygen atoms in total. The average molecular weight is 481 g/mol. The number of morpholine rings is 1. The molecule has 1 fully saturated rings. The van der Waals surface area contributed by atoms with Crippen LogP contribution in [0.4, 0.5) is 9.93 Å². The Morgan fingerprint density at radius 2 is 1.91 bits per heavy atom. The normalized spacial score (nSPS) is 17.0. The number of hydrogen-bond acceptors (Lipinski definition) is 8. The summed E-state index contributed by atoms with van der Waals surface area (Å²) in [6.45, 7) is 4.25. The van der Waals surface area contributed by atoms with Crippen molar-refractivity contribution < 1.29 is 27.5 Å². The monoisotopic (exact) mass is 480 g/mol. The minimum Gasteiger partial charge on any atom is -0.450 e. The van der Waals surface area contributed by atoms with Crippen molar-refractivity contribution in [1.82, 2.24) is 14.2 Å². The van der Waals surface area contributed by atoms with Gasteiger partial charge in [-0.3, -0.25) is 10.1 Å². The minimum atomic E-state index is -3.60. The molecule has 12 heteroatoms. The van der Waals surface area contributed by atoms with Gasteiger partial charge >= 0.3 is 6.09 Å². The maximum Gasteiger partial charge on any atom is 0.413 e. The molecule has 3 heterocycles. The first-order chi connectivity index (χ1) is 15.4. The SMILES string of the molecule is CCOC(=O)Nc1nc2c(s1)CN(C(=O)c1ccc(S(=O)(=O)N3CCOCC3)cc1)CC2. The molecule has 0 radical (unpaired) electrons. The molecule has 0 saturated carbocycles. The summed E-state index contributed by atoms with van der Waals surface area (Å²) in [5.41, 5.74) is 1.28. The molecule has 1 saturated heterocycles. The number of carbonyl (C=O) groups is 2. The molecule has 32 heavy (non-hydrogen) atoms. The number of benzene rings is 1. The van der Waals surface area contributed by atoms with E-state index < -0.39 is 16.1 Å². The van der Waals surface area contributed by atoms with E-state index in [1.165, 1.54) is 27.8 Å². The lowest BCUT2D eigenvalue weighted by molar-refractivity contribution is 0.0730. The largest absolute Gasteiger partial charge is 0.450 e. The van der Waals surface area contributed by atoms with E-state index in [4.69, 9.17) is 9.47 Å². The van der Waals surface area contributed by atoms with Crippen LogP contribution in [-0.2, 0) is 32.5 Å². The predicted octanol–water partition coefficient (Wildman–Crippen LogP) is 1.93. The molecule has 2 aliphatic heterocycles.